The Morgan fingerprint density at radius 2 is 1.48 bits per heavy atom. The lowest BCUT2D eigenvalue weighted by Gasteiger charge is -2.36. The number of thioether (sulfide) groups is 1. The van der Waals surface area contributed by atoms with Crippen LogP contribution in [0.1, 0.15) is 61.8 Å². The molecular formula is C36H32N4O5S. The van der Waals surface area contributed by atoms with E-state index in [1.54, 1.807) is 42.4 Å². The first-order chi connectivity index (χ1) is 22.5. The van der Waals surface area contributed by atoms with Crippen molar-refractivity contribution in [2.24, 2.45) is 7.05 Å². The molecule has 1 N–H and O–H groups in total. The van der Waals surface area contributed by atoms with E-state index in [1.807, 2.05) is 84.4 Å². The van der Waals surface area contributed by atoms with E-state index in [1.165, 1.54) is 4.90 Å². The van der Waals surface area contributed by atoms with E-state index in [2.05, 4.69) is 10.2 Å². The van der Waals surface area contributed by atoms with Crippen molar-refractivity contribution in [3.63, 3.8) is 0 Å². The van der Waals surface area contributed by atoms with Gasteiger partial charge in [0.15, 0.2) is 11.4 Å². The van der Waals surface area contributed by atoms with Gasteiger partial charge in [-0.2, -0.15) is 0 Å². The van der Waals surface area contributed by atoms with Gasteiger partial charge in [-0.3, -0.25) is 14.5 Å². The van der Waals surface area contributed by atoms with Gasteiger partial charge in [-0.05, 0) is 39.9 Å². The van der Waals surface area contributed by atoms with E-state index in [9.17, 15) is 14.7 Å². The van der Waals surface area contributed by atoms with Gasteiger partial charge in [-0.15, -0.1) is 10.2 Å². The fraction of sp³-hybridized carbons (Fsp3) is 0.222. The maximum atomic E-state index is 13.1. The molecule has 0 radical (unpaired) electrons. The van der Waals surface area contributed by atoms with Gasteiger partial charge in [-0.1, -0.05) is 96.7 Å². The first-order valence-electron chi connectivity index (χ1n) is 15.1. The monoisotopic (exact) mass is 632 g/mol. The second-order valence-corrected chi connectivity index (χ2v) is 12.4. The summed E-state index contributed by atoms with van der Waals surface area (Å²) in [4.78, 5) is 27.4. The molecular weight excluding hydrogens is 600 g/mol. The summed E-state index contributed by atoms with van der Waals surface area (Å²) in [5.74, 6) is 0.135. The van der Waals surface area contributed by atoms with Crippen molar-refractivity contribution in [3.8, 4) is 11.1 Å². The molecule has 3 heterocycles. The predicted molar refractivity (Wildman–Crippen MR) is 173 cm³/mol. The van der Waals surface area contributed by atoms with E-state index < -0.39 is 6.29 Å². The van der Waals surface area contributed by atoms with Crippen molar-refractivity contribution in [2.75, 3.05) is 5.75 Å². The number of aryl methyl sites for hydroxylation is 1. The third-order valence-corrected chi connectivity index (χ3v) is 9.57. The lowest BCUT2D eigenvalue weighted by Crippen LogP contribution is -2.31. The standard InChI is InChI=1S/C36H32N4O5S/c1-39-22-37-38-36(39)46-21-28-18-32(25-12-10-23(20-41)11-13-25)45-35(44-28)26-16-14-24(15-17-26)29-7-3-2-6-27(29)19-40-33(42)30-8-4-5-9-31(30)34(40)43/h2-17,22,28,32,35,41H,18-21H2,1H3/t28-,32+,35+/m1/s1. The van der Waals surface area contributed by atoms with Crippen molar-refractivity contribution in [1.82, 2.24) is 19.7 Å². The highest BCUT2D eigenvalue weighted by Gasteiger charge is 2.36. The van der Waals surface area contributed by atoms with Crippen LogP contribution >= 0.6 is 11.8 Å². The predicted octanol–water partition coefficient (Wildman–Crippen LogP) is 6.11. The number of nitrogens with zero attached hydrogens (tertiary/aromatic N) is 4. The minimum absolute atomic E-state index is 0.0116. The molecule has 10 heteroatoms. The number of aliphatic hydroxyl groups is 1. The fourth-order valence-corrected chi connectivity index (χ4v) is 6.81. The van der Waals surface area contributed by atoms with Gasteiger partial charge in [0, 0.05) is 24.8 Å². The second kappa shape index (κ2) is 13.0. The number of amides is 2. The number of rotatable bonds is 9. The second-order valence-electron chi connectivity index (χ2n) is 11.4. The van der Waals surface area contributed by atoms with Crippen LogP contribution in [0.3, 0.4) is 0 Å². The Hall–Kier alpha value is -4.61. The smallest absolute Gasteiger partial charge is 0.261 e. The van der Waals surface area contributed by atoms with Gasteiger partial charge in [-0.25, -0.2) is 0 Å². The number of hydrogen-bond donors (Lipinski definition) is 1. The van der Waals surface area contributed by atoms with Gasteiger partial charge in [0.1, 0.15) is 6.33 Å². The van der Waals surface area contributed by atoms with E-state index in [-0.39, 0.29) is 37.2 Å². The molecule has 5 aromatic rings. The highest BCUT2D eigenvalue weighted by molar-refractivity contribution is 7.99. The molecule has 4 aromatic carbocycles. The lowest BCUT2D eigenvalue weighted by atomic mass is 9.97. The molecule has 3 atom stereocenters. The highest BCUT2D eigenvalue weighted by Crippen LogP contribution is 2.40. The summed E-state index contributed by atoms with van der Waals surface area (Å²) >= 11 is 1.60. The maximum Gasteiger partial charge on any atom is 0.261 e. The van der Waals surface area contributed by atoms with Crippen LogP contribution in [0.25, 0.3) is 11.1 Å². The van der Waals surface area contributed by atoms with Gasteiger partial charge >= 0.3 is 0 Å². The Morgan fingerprint density at radius 3 is 2.13 bits per heavy atom. The van der Waals surface area contributed by atoms with Crippen LogP contribution in [0.2, 0.25) is 0 Å². The Labute approximate surface area is 270 Å². The number of carbonyl (C=O) groups is 2. The summed E-state index contributed by atoms with van der Waals surface area (Å²) in [7, 11) is 1.92. The van der Waals surface area contributed by atoms with Gasteiger partial charge in [0.25, 0.3) is 11.8 Å². The maximum absolute atomic E-state index is 13.1. The normalized spacial score (nSPS) is 19.4. The number of ether oxygens (including phenoxy) is 2. The Kier molecular flexibility index (Phi) is 8.51. The van der Waals surface area contributed by atoms with E-state index in [4.69, 9.17) is 9.47 Å². The largest absolute Gasteiger partial charge is 0.392 e. The minimum atomic E-state index is -0.594. The van der Waals surface area contributed by atoms with Crippen molar-refractivity contribution in [3.05, 3.63) is 137 Å². The summed E-state index contributed by atoms with van der Waals surface area (Å²) in [6.45, 7) is 0.170. The number of carbonyl (C=O) groups excluding carboxylic acids is 2. The van der Waals surface area contributed by atoms with E-state index >= 15 is 0 Å². The molecule has 9 nitrogen and oxygen atoms in total. The summed E-state index contributed by atoms with van der Waals surface area (Å²) in [6.07, 6.45) is 1.45. The molecule has 0 spiro atoms. The number of hydrogen-bond acceptors (Lipinski definition) is 8. The summed E-state index contributed by atoms with van der Waals surface area (Å²) in [5.41, 5.74) is 6.41. The average molecular weight is 633 g/mol. The van der Waals surface area contributed by atoms with Crippen LogP contribution in [-0.2, 0) is 29.7 Å². The van der Waals surface area contributed by atoms with E-state index in [0.29, 0.717) is 23.3 Å². The molecule has 2 aliphatic heterocycles. The summed E-state index contributed by atoms with van der Waals surface area (Å²) in [6, 6.07) is 30.6. The van der Waals surface area contributed by atoms with Gasteiger partial charge in [0.05, 0.1) is 36.5 Å². The van der Waals surface area contributed by atoms with Crippen LogP contribution in [0.15, 0.2) is 109 Å². The number of fused-ring (bicyclic) bond motifs is 1. The summed E-state index contributed by atoms with van der Waals surface area (Å²) < 4.78 is 14.9. The molecule has 7 rings (SSSR count). The quantitative estimate of drug-likeness (QED) is 0.153. The summed E-state index contributed by atoms with van der Waals surface area (Å²) in [5, 5.41) is 18.5. The zero-order valence-electron chi connectivity index (χ0n) is 25.2. The zero-order chi connectivity index (χ0) is 31.6. The van der Waals surface area contributed by atoms with Crippen LogP contribution in [0, 0.1) is 0 Å². The molecule has 0 bridgehead atoms. The molecule has 1 aromatic heterocycles. The zero-order valence-corrected chi connectivity index (χ0v) is 26.0. The van der Waals surface area contributed by atoms with Crippen LogP contribution in [-0.4, -0.2) is 48.4 Å². The number of aliphatic hydroxyl groups excluding tert-OH is 1. The van der Waals surface area contributed by atoms with Crippen molar-refractivity contribution < 1.29 is 24.2 Å². The van der Waals surface area contributed by atoms with Crippen molar-refractivity contribution in [2.45, 2.75) is 43.2 Å². The third-order valence-electron chi connectivity index (χ3n) is 8.40. The van der Waals surface area contributed by atoms with Crippen molar-refractivity contribution in [1.29, 1.82) is 0 Å². The first-order valence-corrected chi connectivity index (χ1v) is 16.1. The number of aromatic nitrogens is 3. The SMILES string of the molecule is Cn1cnnc1SC[C@H]1C[C@@H](c2ccc(CO)cc2)O[C@@H](c2ccc(-c3ccccc3CN3C(=O)c4ccccc4C3=O)cc2)O1. The molecule has 1 fully saturated rings. The van der Waals surface area contributed by atoms with Crippen LogP contribution in [0.5, 0.6) is 0 Å². The fourth-order valence-electron chi connectivity index (χ4n) is 5.91. The van der Waals surface area contributed by atoms with Crippen molar-refractivity contribution >= 4 is 23.6 Å². The molecule has 46 heavy (non-hydrogen) atoms. The average Bonchev–Trinajstić information content (AvgIpc) is 3.63. The third kappa shape index (κ3) is 6.00. The molecule has 232 valence electrons. The molecule has 0 aliphatic carbocycles. The van der Waals surface area contributed by atoms with Crippen LogP contribution < -0.4 is 0 Å². The molecule has 2 aliphatic rings. The Morgan fingerprint density at radius 1 is 0.826 bits per heavy atom. The van der Waals surface area contributed by atoms with Gasteiger partial charge < -0.3 is 19.1 Å². The lowest BCUT2D eigenvalue weighted by molar-refractivity contribution is -0.245. The molecule has 2 amide bonds. The number of benzene rings is 4. The number of imide groups is 1. The highest BCUT2D eigenvalue weighted by atomic mass is 32.2. The van der Waals surface area contributed by atoms with Gasteiger partial charge in [0.2, 0.25) is 0 Å². The molecule has 1 saturated heterocycles. The minimum Gasteiger partial charge on any atom is -0.392 e. The molecule has 0 saturated carbocycles. The van der Waals surface area contributed by atoms with Crippen LogP contribution in [0.4, 0.5) is 0 Å². The first kappa shape index (κ1) is 30.1. The topological polar surface area (TPSA) is 107 Å². The Bertz CT molecular complexity index is 1840. The van der Waals surface area contributed by atoms with E-state index in [0.717, 1.165) is 38.5 Å². The molecule has 0 unspecified atom stereocenters. The Balaban J connectivity index is 1.11.